The van der Waals surface area contributed by atoms with E-state index in [1.54, 1.807) is 0 Å². The molecular formula is C16H33NO2. The monoisotopic (exact) mass is 271 g/mol. The summed E-state index contributed by atoms with van der Waals surface area (Å²) in [4.78, 5) is 0. The summed E-state index contributed by atoms with van der Waals surface area (Å²) in [7, 11) is 0. The molecule has 1 N–H and O–H groups in total. The smallest absolute Gasteiger partial charge is 0.0809 e. The van der Waals surface area contributed by atoms with E-state index in [1.165, 1.54) is 51.4 Å². The zero-order valence-corrected chi connectivity index (χ0v) is 12.8. The lowest BCUT2D eigenvalue weighted by Crippen LogP contribution is -2.20. The predicted molar refractivity (Wildman–Crippen MR) is 80.7 cm³/mol. The van der Waals surface area contributed by atoms with Gasteiger partial charge in [-0.2, -0.15) is 0 Å². The van der Waals surface area contributed by atoms with Gasteiger partial charge in [-0.15, -0.1) is 0 Å². The number of rotatable bonds is 13. The second kappa shape index (κ2) is 12.9. The van der Waals surface area contributed by atoms with Gasteiger partial charge >= 0.3 is 0 Å². The Bertz CT molecular complexity index is 182. The Morgan fingerprint density at radius 1 is 1.05 bits per heavy atom. The van der Waals surface area contributed by atoms with Crippen molar-refractivity contribution in [2.75, 3.05) is 32.9 Å². The minimum absolute atomic E-state index is 0.371. The van der Waals surface area contributed by atoms with Gasteiger partial charge in [-0.1, -0.05) is 39.0 Å². The van der Waals surface area contributed by atoms with Gasteiger partial charge in [0.25, 0.3) is 0 Å². The Morgan fingerprint density at radius 2 is 1.84 bits per heavy atom. The number of hydrogen-bond donors (Lipinski definition) is 1. The van der Waals surface area contributed by atoms with Crippen molar-refractivity contribution in [3.05, 3.63) is 0 Å². The number of nitrogens with one attached hydrogen (secondary N) is 1. The fraction of sp³-hybridized carbons (Fsp3) is 1.00. The molecule has 114 valence electrons. The Hall–Kier alpha value is -0.120. The van der Waals surface area contributed by atoms with E-state index in [0.29, 0.717) is 6.10 Å². The highest BCUT2D eigenvalue weighted by atomic mass is 16.5. The molecule has 3 nitrogen and oxygen atoms in total. The quantitative estimate of drug-likeness (QED) is 0.520. The molecule has 1 aliphatic rings. The molecule has 0 aliphatic carbocycles. The van der Waals surface area contributed by atoms with Crippen molar-refractivity contribution < 1.29 is 9.47 Å². The van der Waals surface area contributed by atoms with E-state index < -0.39 is 0 Å². The van der Waals surface area contributed by atoms with Crippen LogP contribution in [-0.4, -0.2) is 39.0 Å². The fourth-order valence-corrected chi connectivity index (χ4v) is 2.45. The molecule has 0 radical (unpaired) electrons. The normalized spacial score (nSPS) is 19.1. The minimum Gasteiger partial charge on any atom is -0.379 e. The number of hydrogen-bond acceptors (Lipinski definition) is 3. The first-order valence-electron chi connectivity index (χ1n) is 8.33. The van der Waals surface area contributed by atoms with Crippen molar-refractivity contribution in [2.45, 2.75) is 70.8 Å². The lowest BCUT2D eigenvalue weighted by Gasteiger charge is -2.10. The summed E-state index contributed by atoms with van der Waals surface area (Å²) in [5, 5.41) is 3.49. The highest BCUT2D eigenvalue weighted by molar-refractivity contribution is 4.63. The fourth-order valence-electron chi connectivity index (χ4n) is 2.45. The zero-order chi connectivity index (χ0) is 13.6. The summed E-state index contributed by atoms with van der Waals surface area (Å²) in [6.07, 6.45) is 12.1. The first-order chi connectivity index (χ1) is 9.43. The topological polar surface area (TPSA) is 30.5 Å². The Balaban J connectivity index is 1.67. The van der Waals surface area contributed by atoms with Gasteiger partial charge in [-0.3, -0.25) is 0 Å². The van der Waals surface area contributed by atoms with Crippen LogP contribution in [0.4, 0.5) is 0 Å². The van der Waals surface area contributed by atoms with Gasteiger partial charge in [0.2, 0.25) is 0 Å². The molecule has 1 fully saturated rings. The van der Waals surface area contributed by atoms with Crippen LogP contribution in [0, 0.1) is 0 Å². The van der Waals surface area contributed by atoms with Gasteiger partial charge in [-0.05, 0) is 38.8 Å². The SMILES string of the molecule is CCCCCCCCNCCCOCC1CCCO1. The van der Waals surface area contributed by atoms with Gasteiger partial charge in [-0.25, -0.2) is 0 Å². The van der Waals surface area contributed by atoms with Crippen LogP contribution in [0.15, 0.2) is 0 Å². The van der Waals surface area contributed by atoms with Crippen molar-refractivity contribution in [3.8, 4) is 0 Å². The molecule has 1 heterocycles. The van der Waals surface area contributed by atoms with Gasteiger partial charge in [0.15, 0.2) is 0 Å². The van der Waals surface area contributed by atoms with Crippen LogP contribution in [0.5, 0.6) is 0 Å². The second-order valence-electron chi connectivity index (χ2n) is 5.58. The molecule has 0 saturated carbocycles. The van der Waals surface area contributed by atoms with Gasteiger partial charge < -0.3 is 14.8 Å². The summed E-state index contributed by atoms with van der Waals surface area (Å²) < 4.78 is 11.1. The minimum atomic E-state index is 0.371. The van der Waals surface area contributed by atoms with Crippen molar-refractivity contribution in [1.82, 2.24) is 5.32 Å². The van der Waals surface area contributed by atoms with Gasteiger partial charge in [0.1, 0.15) is 0 Å². The molecule has 1 atom stereocenters. The van der Waals surface area contributed by atoms with E-state index in [9.17, 15) is 0 Å². The Labute approximate surface area is 119 Å². The van der Waals surface area contributed by atoms with Crippen LogP contribution in [0.1, 0.15) is 64.7 Å². The van der Waals surface area contributed by atoms with Crippen LogP contribution in [-0.2, 0) is 9.47 Å². The lowest BCUT2D eigenvalue weighted by molar-refractivity contribution is 0.0166. The predicted octanol–water partition coefficient (Wildman–Crippen LogP) is 3.52. The molecule has 3 heteroatoms. The van der Waals surface area contributed by atoms with E-state index in [0.717, 1.165) is 39.3 Å². The van der Waals surface area contributed by atoms with E-state index in [4.69, 9.17) is 9.47 Å². The van der Waals surface area contributed by atoms with E-state index in [2.05, 4.69) is 12.2 Å². The van der Waals surface area contributed by atoms with E-state index >= 15 is 0 Å². The van der Waals surface area contributed by atoms with Crippen molar-refractivity contribution in [3.63, 3.8) is 0 Å². The molecule has 0 aromatic rings. The van der Waals surface area contributed by atoms with Crippen LogP contribution in [0.25, 0.3) is 0 Å². The first kappa shape index (κ1) is 16.9. The molecule has 0 amide bonds. The molecule has 0 bridgehead atoms. The lowest BCUT2D eigenvalue weighted by atomic mass is 10.1. The summed E-state index contributed by atoms with van der Waals surface area (Å²) in [5.74, 6) is 0. The van der Waals surface area contributed by atoms with Crippen molar-refractivity contribution in [1.29, 1.82) is 0 Å². The van der Waals surface area contributed by atoms with Gasteiger partial charge in [0, 0.05) is 13.2 Å². The third-order valence-electron chi connectivity index (χ3n) is 3.68. The van der Waals surface area contributed by atoms with E-state index in [-0.39, 0.29) is 0 Å². The number of ether oxygens (including phenoxy) is 2. The standard InChI is InChI=1S/C16H33NO2/c1-2-3-4-5-6-7-11-17-12-9-13-18-15-16-10-8-14-19-16/h16-17H,2-15H2,1H3. The van der Waals surface area contributed by atoms with Crippen LogP contribution >= 0.6 is 0 Å². The average molecular weight is 271 g/mol. The highest BCUT2D eigenvalue weighted by Gasteiger charge is 2.14. The maximum absolute atomic E-state index is 5.62. The third-order valence-corrected chi connectivity index (χ3v) is 3.68. The van der Waals surface area contributed by atoms with Crippen LogP contribution < -0.4 is 5.32 Å². The second-order valence-corrected chi connectivity index (χ2v) is 5.58. The molecule has 1 aliphatic heterocycles. The summed E-state index contributed by atoms with van der Waals surface area (Å²) in [6.45, 7) is 7.09. The third kappa shape index (κ3) is 10.3. The molecule has 1 unspecified atom stereocenters. The Morgan fingerprint density at radius 3 is 2.63 bits per heavy atom. The summed E-state index contributed by atoms with van der Waals surface area (Å²) in [5.41, 5.74) is 0. The largest absolute Gasteiger partial charge is 0.379 e. The van der Waals surface area contributed by atoms with Crippen LogP contribution in [0.3, 0.4) is 0 Å². The molecule has 0 aromatic heterocycles. The highest BCUT2D eigenvalue weighted by Crippen LogP contribution is 2.11. The summed E-state index contributed by atoms with van der Waals surface area (Å²) >= 11 is 0. The average Bonchev–Trinajstić information content (AvgIpc) is 2.93. The molecule has 0 spiro atoms. The molecule has 0 aromatic carbocycles. The first-order valence-corrected chi connectivity index (χ1v) is 8.33. The molecule has 1 rings (SSSR count). The number of unbranched alkanes of at least 4 members (excludes halogenated alkanes) is 5. The Kier molecular flexibility index (Phi) is 11.5. The zero-order valence-electron chi connectivity index (χ0n) is 12.8. The van der Waals surface area contributed by atoms with Crippen LogP contribution in [0.2, 0.25) is 0 Å². The van der Waals surface area contributed by atoms with Crippen molar-refractivity contribution >= 4 is 0 Å². The molecule has 1 saturated heterocycles. The van der Waals surface area contributed by atoms with Gasteiger partial charge in [0.05, 0.1) is 12.7 Å². The maximum Gasteiger partial charge on any atom is 0.0809 e. The summed E-state index contributed by atoms with van der Waals surface area (Å²) in [6, 6.07) is 0. The van der Waals surface area contributed by atoms with Crippen molar-refractivity contribution in [2.24, 2.45) is 0 Å². The molecule has 19 heavy (non-hydrogen) atoms. The van der Waals surface area contributed by atoms with E-state index in [1.807, 2.05) is 0 Å². The maximum atomic E-state index is 5.62. The molecular weight excluding hydrogens is 238 g/mol.